The van der Waals surface area contributed by atoms with E-state index in [1.165, 1.54) is 0 Å². The van der Waals surface area contributed by atoms with Gasteiger partial charge in [0.15, 0.2) is 11.5 Å². The minimum atomic E-state index is -0.825. The van der Waals surface area contributed by atoms with Crippen molar-refractivity contribution in [3.05, 3.63) is 24.3 Å². The maximum absolute atomic E-state index is 11.7. The number of carboxylic acid groups (broad SMARTS) is 1. The maximum atomic E-state index is 11.7. The van der Waals surface area contributed by atoms with E-state index in [-0.39, 0.29) is 12.5 Å². The summed E-state index contributed by atoms with van der Waals surface area (Å²) in [4.78, 5) is 22.8. The standard InChI is InChI=1S/C17H23NO5/c1-2-22-13-6-3-4-7-14(13)23-11-5-8-15(19)18-12-17(9-10-17)16(20)21/h3-4,6-7H,2,5,8-12H2,1H3,(H,18,19)(H,20,21). The smallest absolute Gasteiger partial charge is 0.311 e. The molecule has 6 nitrogen and oxygen atoms in total. The van der Waals surface area contributed by atoms with Gasteiger partial charge in [0.2, 0.25) is 5.91 Å². The first-order valence-corrected chi connectivity index (χ1v) is 7.92. The normalized spacial score (nSPS) is 14.8. The summed E-state index contributed by atoms with van der Waals surface area (Å²) in [6, 6.07) is 7.41. The number of hydrogen-bond donors (Lipinski definition) is 2. The Balaban J connectivity index is 1.65. The third-order valence-electron chi connectivity index (χ3n) is 3.89. The fraction of sp³-hybridized carbons (Fsp3) is 0.529. The molecule has 23 heavy (non-hydrogen) atoms. The van der Waals surface area contributed by atoms with Gasteiger partial charge in [-0.1, -0.05) is 12.1 Å². The molecule has 0 unspecified atom stereocenters. The lowest BCUT2D eigenvalue weighted by Crippen LogP contribution is -2.34. The van der Waals surface area contributed by atoms with Crippen LogP contribution < -0.4 is 14.8 Å². The summed E-state index contributed by atoms with van der Waals surface area (Å²) in [7, 11) is 0. The molecule has 0 atom stereocenters. The quantitative estimate of drug-likeness (QED) is 0.646. The number of carbonyl (C=O) groups is 2. The van der Waals surface area contributed by atoms with E-state index in [9.17, 15) is 9.59 Å². The summed E-state index contributed by atoms with van der Waals surface area (Å²) in [5.41, 5.74) is -0.720. The molecule has 6 heteroatoms. The highest BCUT2D eigenvalue weighted by molar-refractivity contribution is 5.80. The predicted octanol–water partition coefficient (Wildman–Crippen LogP) is 2.23. The van der Waals surface area contributed by atoms with Gasteiger partial charge in [-0.05, 0) is 38.3 Å². The molecule has 1 aromatic carbocycles. The Kier molecular flexibility index (Phi) is 5.84. The lowest BCUT2D eigenvalue weighted by molar-refractivity contribution is -0.143. The second-order valence-electron chi connectivity index (χ2n) is 5.69. The van der Waals surface area contributed by atoms with Crippen LogP contribution in [0.1, 0.15) is 32.6 Å². The van der Waals surface area contributed by atoms with Gasteiger partial charge in [0.1, 0.15) is 0 Å². The zero-order valence-electron chi connectivity index (χ0n) is 13.3. The molecule has 0 aromatic heterocycles. The Morgan fingerprint density at radius 3 is 2.43 bits per heavy atom. The van der Waals surface area contributed by atoms with Crippen LogP contribution in [0, 0.1) is 5.41 Å². The summed E-state index contributed by atoms with van der Waals surface area (Å²) in [6.07, 6.45) is 2.15. The third kappa shape index (κ3) is 4.87. The van der Waals surface area contributed by atoms with Gasteiger partial charge >= 0.3 is 5.97 Å². The molecule has 126 valence electrons. The van der Waals surface area contributed by atoms with Crippen molar-refractivity contribution < 1.29 is 24.2 Å². The summed E-state index contributed by atoms with van der Waals surface area (Å²) in [5, 5.41) is 11.7. The predicted molar refractivity (Wildman–Crippen MR) is 84.7 cm³/mol. The Morgan fingerprint density at radius 1 is 1.22 bits per heavy atom. The highest BCUT2D eigenvalue weighted by Gasteiger charge is 2.50. The lowest BCUT2D eigenvalue weighted by Gasteiger charge is -2.12. The number of aliphatic carboxylic acids is 1. The Morgan fingerprint density at radius 2 is 1.87 bits per heavy atom. The molecular formula is C17H23NO5. The minimum absolute atomic E-state index is 0.140. The molecule has 1 aliphatic carbocycles. The van der Waals surface area contributed by atoms with Crippen LogP contribution in [-0.2, 0) is 9.59 Å². The monoisotopic (exact) mass is 321 g/mol. The summed E-state index contributed by atoms with van der Waals surface area (Å²) >= 11 is 0. The van der Waals surface area contributed by atoms with Crippen LogP contribution in [-0.4, -0.2) is 36.7 Å². The number of carboxylic acids is 1. The molecule has 0 aliphatic heterocycles. The van der Waals surface area contributed by atoms with E-state index in [0.29, 0.717) is 50.4 Å². The highest BCUT2D eigenvalue weighted by atomic mass is 16.5. The first-order chi connectivity index (χ1) is 11.1. The molecule has 0 saturated heterocycles. The molecular weight excluding hydrogens is 298 g/mol. The number of amides is 1. The van der Waals surface area contributed by atoms with Crippen LogP contribution in [0.4, 0.5) is 0 Å². The van der Waals surface area contributed by atoms with Crippen molar-refractivity contribution in [3.63, 3.8) is 0 Å². The maximum Gasteiger partial charge on any atom is 0.311 e. The zero-order chi connectivity index (χ0) is 16.7. The first-order valence-electron chi connectivity index (χ1n) is 7.92. The van der Waals surface area contributed by atoms with E-state index in [4.69, 9.17) is 14.6 Å². The molecule has 1 fully saturated rings. The zero-order valence-corrected chi connectivity index (χ0v) is 13.3. The van der Waals surface area contributed by atoms with Gasteiger partial charge in [0, 0.05) is 13.0 Å². The fourth-order valence-electron chi connectivity index (χ4n) is 2.23. The van der Waals surface area contributed by atoms with Gasteiger partial charge in [-0.25, -0.2) is 0 Å². The molecule has 1 aliphatic rings. The van der Waals surface area contributed by atoms with Crippen molar-refractivity contribution in [1.29, 1.82) is 0 Å². The lowest BCUT2D eigenvalue weighted by atomic mass is 10.1. The van der Waals surface area contributed by atoms with Crippen LogP contribution in [0.15, 0.2) is 24.3 Å². The molecule has 1 amide bonds. The van der Waals surface area contributed by atoms with Crippen molar-refractivity contribution in [2.75, 3.05) is 19.8 Å². The Labute approximate surface area is 135 Å². The van der Waals surface area contributed by atoms with E-state index < -0.39 is 11.4 Å². The van der Waals surface area contributed by atoms with Gasteiger partial charge < -0.3 is 19.9 Å². The molecule has 0 spiro atoms. The molecule has 2 N–H and O–H groups in total. The van der Waals surface area contributed by atoms with Gasteiger partial charge in [-0.3, -0.25) is 9.59 Å². The van der Waals surface area contributed by atoms with Crippen molar-refractivity contribution in [3.8, 4) is 11.5 Å². The van der Waals surface area contributed by atoms with Crippen LogP contribution in [0.25, 0.3) is 0 Å². The van der Waals surface area contributed by atoms with Crippen molar-refractivity contribution in [2.24, 2.45) is 5.41 Å². The van der Waals surface area contributed by atoms with Gasteiger partial charge in [-0.15, -0.1) is 0 Å². The van der Waals surface area contributed by atoms with E-state index in [0.717, 1.165) is 0 Å². The number of rotatable bonds is 10. The fourth-order valence-corrected chi connectivity index (χ4v) is 2.23. The average molecular weight is 321 g/mol. The summed E-state index contributed by atoms with van der Waals surface area (Å²) in [6.45, 7) is 3.09. The number of para-hydroxylation sites is 2. The Hall–Kier alpha value is -2.24. The molecule has 0 radical (unpaired) electrons. The van der Waals surface area contributed by atoms with Crippen LogP contribution in [0.3, 0.4) is 0 Å². The largest absolute Gasteiger partial charge is 0.490 e. The Bertz CT molecular complexity index is 554. The average Bonchev–Trinajstić information content (AvgIpc) is 3.33. The van der Waals surface area contributed by atoms with Gasteiger partial charge in [0.25, 0.3) is 0 Å². The van der Waals surface area contributed by atoms with Crippen LogP contribution in [0.2, 0.25) is 0 Å². The van der Waals surface area contributed by atoms with Gasteiger partial charge in [-0.2, -0.15) is 0 Å². The second kappa shape index (κ2) is 7.85. The van der Waals surface area contributed by atoms with Crippen LogP contribution in [0.5, 0.6) is 11.5 Å². The second-order valence-corrected chi connectivity index (χ2v) is 5.69. The van der Waals surface area contributed by atoms with Crippen molar-refractivity contribution in [2.45, 2.75) is 32.6 Å². The SMILES string of the molecule is CCOc1ccccc1OCCCC(=O)NCC1(C(=O)O)CC1. The summed E-state index contributed by atoms with van der Waals surface area (Å²) in [5.74, 6) is 0.391. The van der Waals surface area contributed by atoms with E-state index in [2.05, 4.69) is 5.32 Å². The minimum Gasteiger partial charge on any atom is -0.490 e. The topological polar surface area (TPSA) is 84.9 Å². The third-order valence-corrected chi connectivity index (χ3v) is 3.89. The molecule has 1 saturated carbocycles. The molecule has 2 rings (SSSR count). The van der Waals surface area contributed by atoms with Crippen molar-refractivity contribution >= 4 is 11.9 Å². The van der Waals surface area contributed by atoms with Gasteiger partial charge in [0.05, 0.1) is 18.6 Å². The first kappa shape index (κ1) is 17.1. The number of carbonyl (C=O) groups excluding carboxylic acids is 1. The molecule has 0 bridgehead atoms. The number of nitrogens with one attached hydrogen (secondary N) is 1. The summed E-state index contributed by atoms with van der Waals surface area (Å²) < 4.78 is 11.1. The van der Waals surface area contributed by atoms with E-state index in [1.807, 2.05) is 31.2 Å². The number of ether oxygens (including phenoxy) is 2. The van der Waals surface area contributed by atoms with E-state index in [1.54, 1.807) is 0 Å². The van der Waals surface area contributed by atoms with Crippen LogP contribution >= 0.6 is 0 Å². The molecule has 0 heterocycles. The molecule has 1 aromatic rings. The van der Waals surface area contributed by atoms with E-state index >= 15 is 0 Å². The van der Waals surface area contributed by atoms with Crippen molar-refractivity contribution in [1.82, 2.24) is 5.32 Å². The number of hydrogen-bond acceptors (Lipinski definition) is 4. The number of benzene rings is 1. The highest BCUT2D eigenvalue weighted by Crippen LogP contribution is 2.45.